The summed E-state index contributed by atoms with van der Waals surface area (Å²) >= 11 is 5.41. The molecular weight excluding hydrogens is 290 g/mol. The number of esters is 1. The average molecular weight is 302 g/mol. The van der Waals surface area contributed by atoms with Crippen molar-refractivity contribution < 1.29 is 9.53 Å². The van der Waals surface area contributed by atoms with Crippen LogP contribution in [0.1, 0.15) is 0 Å². The lowest BCUT2D eigenvalue weighted by Crippen LogP contribution is -2.17. The Morgan fingerprint density at radius 1 is 1.14 bits per heavy atom. The number of pyridine rings is 1. The van der Waals surface area contributed by atoms with Crippen LogP contribution in [0, 0.1) is 0 Å². The van der Waals surface area contributed by atoms with Gasteiger partial charge in [0, 0.05) is 12.4 Å². The summed E-state index contributed by atoms with van der Waals surface area (Å²) in [7, 11) is 1.72. The van der Waals surface area contributed by atoms with Gasteiger partial charge in [0.15, 0.2) is 0 Å². The fourth-order valence-electron chi connectivity index (χ4n) is 2.44. The van der Waals surface area contributed by atoms with Crippen molar-refractivity contribution in [1.82, 2.24) is 4.57 Å². The number of halogens is 1. The van der Waals surface area contributed by atoms with Gasteiger partial charge in [0.2, 0.25) is 0 Å². The van der Waals surface area contributed by atoms with E-state index in [2.05, 4.69) is 0 Å². The van der Waals surface area contributed by atoms with Crippen LogP contribution in [0.2, 0.25) is 0 Å². The molecule has 0 radical (unpaired) electrons. The second kappa shape index (κ2) is 5.22. The molecule has 5 heteroatoms. The number of aromatic nitrogens is 1. The van der Waals surface area contributed by atoms with Crippen LogP contribution in [-0.4, -0.2) is 16.4 Å². The number of carbonyl (C=O) groups excluding carboxylic acids is 1. The standard InChI is InChI=1S/C16H12ClNO3/c1-18-14-5-3-2-4-12(14)11-7-6-10(21-15(19)9-17)8-13(11)16(18)20/h2-8H,9H2,1H3. The summed E-state index contributed by atoms with van der Waals surface area (Å²) < 4.78 is 6.65. The molecule has 0 unspecified atom stereocenters. The zero-order valence-electron chi connectivity index (χ0n) is 11.3. The van der Waals surface area contributed by atoms with E-state index in [1.807, 2.05) is 24.3 Å². The number of aryl methyl sites for hydroxylation is 1. The fourth-order valence-corrected chi connectivity index (χ4v) is 2.50. The monoisotopic (exact) mass is 301 g/mol. The second-order valence-electron chi connectivity index (χ2n) is 4.70. The molecule has 1 aromatic heterocycles. The highest BCUT2D eigenvalue weighted by Gasteiger charge is 2.10. The van der Waals surface area contributed by atoms with E-state index in [9.17, 15) is 9.59 Å². The molecule has 106 valence electrons. The van der Waals surface area contributed by atoms with Gasteiger partial charge in [-0.15, -0.1) is 11.6 Å². The Labute approximate surface area is 125 Å². The van der Waals surface area contributed by atoms with E-state index in [0.29, 0.717) is 11.1 Å². The lowest BCUT2D eigenvalue weighted by molar-refractivity contribution is -0.131. The number of ether oxygens (including phenoxy) is 1. The Hall–Kier alpha value is -2.33. The zero-order valence-corrected chi connectivity index (χ0v) is 12.1. The summed E-state index contributed by atoms with van der Waals surface area (Å²) in [5, 5.41) is 2.32. The summed E-state index contributed by atoms with van der Waals surface area (Å²) in [6.07, 6.45) is 0. The van der Waals surface area contributed by atoms with E-state index >= 15 is 0 Å². The third kappa shape index (κ3) is 2.28. The molecule has 3 rings (SSSR count). The van der Waals surface area contributed by atoms with Crippen molar-refractivity contribution in [2.75, 3.05) is 5.88 Å². The van der Waals surface area contributed by atoms with E-state index in [0.717, 1.165) is 16.3 Å². The average Bonchev–Trinajstić information content (AvgIpc) is 2.52. The van der Waals surface area contributed by atoms with Crippen LogP contribution in [0.25, 0.3) is 21.7 Å². The van der Waals surface area contributed by atoms with E-state index in [4.69, 9.17) is 16.3 Å². The number of hydrogen-bond acceptors (Lipinski definition) is 3. The van der Waals surface area contributed by atoms with Gasteiger partial charge < -0.3 is 9.30 Å². The molecule has 0 N–H and O–H groups in total. The van der Waals surface area contributed by atoms with Gasteiger partial charge >= 0.3 is 5.97 Å². The number of fused-ring (bicyclic) bond motifs is 3. The lowest BCUT2D eigenvalue weighted by Gasteiger charge is -2.10. The summed E-state index contributed by atoms with van der Waals surface area (Å²) in [6.45, 7) is 0. The van der Waals surface area contributed by atoms with Crippen LogP contribution >= 0.6 is 11.6 Å². The Balaban J connectivity index is 2.31. The molecule has 0 atom stereocenters. The number of hydrogen-bond donors (Lipinski definition) is 0. The second-order valence-corrected chi connectivity index (χ2v) is 4.96. The van der Waals surface area contributed by atoms with Crippen LogP contribution in [0.15, 0.2) is 47.3 Å². The molecule has 0 aliphatic heterocycles. The largest absolute Gasteiger partial charge is 0.426 e. The molecular formula is C16H12ClNO3. The fraction of sp³-hybridized carbons (Fsp3) is 0.125. The number of rotatable bonds is 2. The predicted molar refractivity (Wildman–Crippen MR) is 83.1 cm³/mol. The molecule has 4 nitrogen and oxygen atoms in total. The molecule has 1 heterocycles. The molecule has 21 heavy (non-hydrogen) atoms. The van der Waals surface area contributed by atoms with Crippen molar-refractivity contribution in [2.24, 2.45) is 7.05 Å². The number of carbonyl (C=O) groups is 1. The number of benzene rings is 2. The normalized spacial score (nSPS) is 11.0. The van der Waals surface area contributed by atoms with Crippen molar-refractivity contribution in [3.63, 3.8) is 0 Å². The minimum absolute atomic E-state index is 0.132. The van der Waals surface area contributed by atoms with Crippen molar-refractivity contribution in [3.8, 4) is 5.75 Å². The Morgan fingerprint density at radius 3 is 2.67 bits per heavy atom. The van der Waals surface area contributed by atoms with Crippen LogP contribution in [-0.2, 0) is 11.8 Å². The Kier molecular flexibility index (Phi) is 3.39. The van der Waals surface area contributed by atoms with E-state index in [-0.39, 0.29) is 11.4 Å². The van der Waals surface area contributed by atoms with Gasteiger partial charge in [-0.1, -0.05) is 18.2 Å². The summed E-state index contributed by atoms with van der Waals surface area (Å²) in [5.41, 5.74) is 0.730. The summed E-state index contributed by atoms with van der Waals surface area (Å²) in [5.74, 6) is -0.456. The predicted octanol–water partition coefficient (Wildman–Crippen LogP) is 2.84. The van der Waals surface area contributed by atoms with Crippen molar-refractivity contribution >= 4 is 39.2 Å². The summed E-state index contributed by atoms with van der Waals surface area (Å²) in [4.78, 5) is 23.7. The molecule has 0 aliphatic rings. The molecule has 0 saturated carbocycles. The van der Waals surface area contributed by atoms with Crippen molar-refractivity contribution in [1.29, 1.82) is 0 Å². The third-order valence-corrected chi connectivity index (χ3v) is 3.64. The first-order chi connectivity index (χ1) is 10.1. The van der Waals surface area contributed by atoms with Gasteiger partial charge in [-0.25, -0.2) is 0 Å². The van der Waals surface area contributed by atoms with E-state index in [1.54, 1.807) is 29.8 Å². The summed E-state index contributed by atoms with van der Waals surface area (Å²) in [6, 6.07) is 12.7. The molecule has 0 fully saturated rings. The van der Waals surface area contributed by atoms with E-state index < -0.39 is 5.97 Å². The zero-order chi connectivity index (χ0) is 15.0. The van der Waals surface area contributed by atoms with Gasteiger partial charge in [-0.05, 0) is 29.7 Å². The van der Waals surface area contributed by atoms with Gasteiger partial charge in [0.1, 0.15) is 11.6 Å². The van der Waals surface area contributed by atoms with Crippen LogP contribution in [0.4, 0.5) is 0 Å². The SMILES string of the molecule is Cn1c(=O)c2cc(OC(=O)CCl)ccc2c2ccccc21. The maximum atomic E-state index is 12.4. The highest BCUT2D eigenvalue weighted by Crippen LogP contribution is 2.25. The van der Waals surface area contributed by atoms with E-state index in [1.165, 1.54) is 0 Å². The quantitative estimate of drug-likeness (QED) is 0.316. The van der Waals surface area contributed by atoms with Gasteiger partial charge in [-0.3, -0.25) is 9.59 Å². The molecule has 0 bridgehead atoms. The van der Waals surface area contributed by atoms with Crippen LogP contribution in [0.3, 0.4) is 0 Å². The van der Waals surface area contributed by atoms with Gasteiger partial charge in [-0.2, -0.15) is 0 Å². The number of nitrogens with zero attached hydrogens (tertiary/aromatic N) is 1. The number of alkyl halides is 1. The maximum Gasteiger partial charge on any atom is 0.326 e. The van der Waals surface area contributed by atoms with Crippen molar-refractivity contribution in [3.05, 3.63) is 52.8 Å². The minimum Gasteiger partial charge on any atom is -0.426 e. The molecule has 2 aromatic carbocycles. The number of para-hydroxylation sites is 1. The highest BCUT2D eigenvalue weighted by molar-refractivity contribution is 6.26. The highest BCUT2D eigenvalue weighted by atomic mass is 35.5. The first-order valence-corrected chi connectivity index (χ1v) is 6.93. The van der Waals surface area contributed by atoms with Gasteiger partial charge in [0.25, 0.3) is 5.56 Å². The Bertz CT molecular complexity index is 914. The van der Waals surface area contributed by atoms with Gasteiger partial charge in [0.05, 0.1) is 10.9 Å². The first kappa shape index (κ1) is 13.6. The first-order valence-electron chi connectivity index (χ1n) is 6.40. The van der Waals surface area contributed by atoms with Crippen LogP contribution < -0.4 is 10.3 Å². The maximum absolute atomic E-state index is 12.4. The topological polar surface area (TPSA) is 48.3 Å². The molecule has 0 saturated heterocycles. The molecule has 3 aromatic rings. The van der Waals surface area contributed by atoms with Crippen LogP contribution in [0.5, 0.6) is 5.75 Å². The lowest BCUT2D eigenvalue weighted by atomic mass is 10.1. The molecule has 0 aliphatic carbocycles. The third-order valence-electron chi connectivity index (χ3n) is 3.42. The van der Waals surface area contributed by atoms with Crippen molar-refractivity contribution in [2.45, 2.75) is 0 Å². The minimum atomic E-state index is -0.548. The Morgan fingerprint density at radius 2 is 1.90 bits per heavy atom. The molecule has 0 amide bonds. The smallest absolute Gasteiger partial charge is 0.326 e. The molecule has 0 spiro atoms.